The van der Waals surface area contributed by atoms with Gasteiger partial charge in [0.05, 0.1) is 0 Å². The molecule has 23 heavy (non-hydrogen) atoms. The van der Waals surface area contributed by atoms with Gasteiger partial charge in [-0.2, -0.15) is 0 Å². The third kappa shape index (κ3) is 5.13. The number of rotatable bonds is 8. The van der Waals surface area contributed by atoms with Crippen LogP contribution in [0.2, 0.25) is 0 Å². The van der Waals surface area contributed by atoms with E-state index in [1.54, 1.807) is 0 Å². The third-order valence-corrected chi connectivity index (χ3v) is 5.09. The molecule has 1 N–H and O–H groups in total. The van der Waals surface area contributed by atoms with E-state index in [0.29, 0.717) is 17.5 Å². The predicted molar refractivity (Wildman–Crippen MR) is 96.0 cm³/mol. The highest BCUT2D eigenvalue weighted by atomic mass is 32.1. The molecular formula is C18H25N3OS. The van der Waals surface area contributed by atoms with Crippen molar-refractivity contribution in [1.82, 2.24) is 10.2 Å². The van der Waals surface area contributed by atoms with Gasteiger partial charge >= 0.3 is 0 Å². The summed E-state index contributed by atoms with van der Waals surface area (Å²) in [5.74, 6) is 0.437. The number of nitrogens with zero attached hydrogens (tertiary/aromatic N) is 2. The minimum absolute atomic E-state index is 0.00295. The van der Waals surface area contributed by atoms with Crippen molar-refractivity contribution < 1.29 is 4.79 Å². The number of aryl methyl sites for hydroxylation is 2. The van der Waals surface area contributed by atoms with E-state index >= 15 is 0 Å². The van der Waals surface area contributed by atoms with E-state index in [1.807, 2.05) is 0 Å². The Bertz CT molecular complexity index is 617. The second kappa shape index (κ2) is 8.77. The Morgan fingerprint density at radius 3 is 2.35 bits per heavy atom. The Morgan fingerprint density at radius 2 is 1.74 bits per heavy atom. The lowest BCUT2D eigenvalue weighted by atomic mass is 10.1. The Morgan fingerprint density at radius 1 is 1.09 bits per heavy atom. The minimum Gasteiger partial charge on any atom is -0.301 e. The van der Waals surface area contributed by atoms with E-state index < -0.39 is 0 Å². The molecule has 0 atom stereocenters. The quantitative estimate of drug-likeness (QED) is 0.770. The highest BCUT2D eigenvalue weighted by Gasteiger charge is 2.14. The van der Waals surface area contributed by atoms with Crippen molar-refractivity contribution in [2.75, 3.05) is 5.32 Å². The molecule has 2 rings (SSSR count). The third-order valence-electron chi connectivity index (χ3n) is 4.09. The maximum atomic E-state index is 12.1. The largest absolute Gasteiger partial charge is 0.301 e. The van der Waals surface area contributed by atoms with Gasteiger partial charge in [0, 0.05) is 12.3 Å². The second-order valence-corrected chi connectivity index (χ2v) is 6.69. The molecule has 124 valence electrons. The molecule has 0 radical (unpaired) electrons. The van der Waals surface area contributed by atoms with Crippen LogP contribution >= 0.6 is 11.3 Å². The van der Waals surface area contributed by atoms with Crippen molar-refractivity contribution >= 4 is 22.4 Å². The van der Waals surface area contributed by atoms with Crippen LogP contribution in [0, 0.1) is 0 Å². The Hall–Kier alpha value is -1.75. The lowest BCUT2D eigenvalue weighted by Crippen LogP contribution is -2.12. The standard InChI is InChI=1S/C18H25N3OS/c1-4-13-7-9-14(10-8-13)11-12-16(22)19-18-21-20-17(23-18)15(5-2)6-3/h7-10,15H,4-6,11-12H2,1-3H3,(H,19,21,22). The van der Waals surface area contributed by atoms with Crippen LogP contribution in [0.4, 0.5) is 5.13 Å². The summed E-state index contributed by atoms with van der Waals surface area (Å²) in [7, 11) is 0. The first-order valence-corrected chi connectivity index (χ1v) is 9.18. The Balaban J connectivity index is 1.84. The molecule has 1 aromatic carbocycles. The number of nitrogens with one attached hydrogen (secondary N) is 1. The van der Waals surface area contributed by atoms with Crippen LogP contribution in [0.25, 0.3) is 0 Å². The number of hydrogen-bond acceptors (Lipinski definition) is 4. The van der Waals surface area contributed by atoms with Gasteiger partial charge < -0.3 is 5.32 Å². The smallest absolute Gasteiger partial charge is 0.226 e. The van der Waals surface area contributed by atoms with Crippen molar-refractivity contribution in [3.63, 3.8) is 0 Å². The summed E-state index contributed by atoms with van der Waals surface area (Å²) in [5.41, 5.74) is 2.51. The number of benzene rings is 1. The fourth-order valence-electron chi connectivity index (χ4n) is 2.47. The van der Waals surface area contributed by atoms with Crippen LogP contribution in [0.15, 0.2) is 24.3 Å². The molecule has 1 amide bonds. The van der Waals surface area contributed by atoms with E-state index in [9.17, 15) is 4.79 Å². The van der Waals surface area contributed by atoms with Gasteiger partial charge in [-0.05, 0) is 36.8 Å². The van der Waals surface area contributed by atoms with E-state index in [2.05, 4.69) is 60.6 Å². The summed E-state index contributed by atoms with van der Waals surface area (Å²) < 4.78 is 0. The normalized spacial score (nSPS) is 11.0. The van der Waals surface area contributed by atoms with Crippen LogP contribution in [-0.4, -0.2) is 16.1 Å². The summed E-state index contributed by atoms with van der Waals surface area (Å²) in [6.07, 6.45) is 4.34. The van der Waals surface area contributed by atoms with Crippen LogP contribution in [0.5, 0.6) is 0 Å². The number of aromatic nitrogens is 2. The molecule has 0 unspecified atom stereocenters. The SMILES string of the molecule is CCc1ccc(CCC(=O)Nc2nnc(C(CC)CC)s2)cc1. The van der Waals surface area contributed by atoms with Gasteiger partial charge in [0.25, 0.3) is 0 Å². The van der Waals surface area contributed by atoms with Gasteiger partial charge in [-0.3, -0.25) is 4.79 Å². The molecule has 4 nitrogen and oxygen atoms in total. The van der Waals surface area contributed by atoms with E-state index in [4.69, 9.17) is 0 Å². The number of carbonyl (C=O) groups is 1. The summed E-state index contributed by atoms with van der Waals surface area (Å²) >= 11 is 1.49. The lowest BCUT2D eigenvalue weighted by Gasteiger charge is -2.06. The molecule has 0 bridgehead atoms. The van der Waals surface area contributed by atoms with Crippen molar-refractivity contribution in [2.24, 2.45) is 0 Å². The van der Waals surface area contributed by atoms with Crippen LogP contribution in [-0.2, 0) is 17.6 Å². The maximum Gasteiger partial charge on any atom is 0.226 e. The average Bonchev–Trinajstić information content (AvgIpc) is 3.03. The van der Waals surface area contributed by atoms with Gasteiger partial charge in [-0.15, -0.1) is 10.2 Å². The molecule has 0 saturated carbocycles. The molecule has 0 aliphatic heterocycles. The predicted octanol–water partition coefficient (Wildman–Crippen LogP) is 4.58. The van der Waals surface area contributed by atoms with Gasteiger partial charge in [0.15, 0.2) is 0 Å². The zero-order chi connectivity index (χ0) is 16.7. The van der Waals surface area contributed by atoms with Gasteiger partial charge in [-0.25, -0.2) is 0 Å². The first-order chi connectivity index (χ1) is 11.2. The summed E-state index contributed by atoms with van der Waals surface area (Å²) in [6.45, 7) is 6.44. The number of amides is 1. The molecule has 0 saturated heterocycles. The van der Waals surface area contributed by atoms with Gasteiger partial charge in [0.1, 0.15) is 5.01 Å². The number of anilines is 1. The van der Waals surface area contributed by atoms with E-state index in [-0.39, 0.29) is 5.91 Å². The van der Waals surface area contributed by atoms with E-state index in [0.717, 1.165) is 30.7 Å². The Labute approximate surface area is 142 Å². The van der Waals surface area contributed by atoms with Crippen molar-refractivity contribution in [3.8, 4) is 0 Å². The zero-order valence-corrected chi connectivity index (χ0v) is 14.9. The molecule has 1 aromatic heterocycles. The van der Waals surface area contributed by atoms with Gasteiger partial charge in [-0.1, -0.05) is 56.4 Å². The molecule has 0 fully saturated rings. The highest BCUT2D eigenvalue weighted by Crippen LogP contribution is 2.28. The van der Waals surface area contributed by atoms with Crippen molar-refractivity contribution in [3.05, 3.63) is 40.4 Å². The van der Waals surface area contributed by atoms with Crippen molar-refractivity contribution in [2.45, 2.75) is 58.8 Å². The van der Waals surface area contributed by atoms with Crippen LogP contribution in [0.1, 0.15) is 62.1 Å². The lowest BCUT2D eigenvalue weighted by molar-refractivity contribution is -0.116. The number of carbonyl (C=O) groups excluding carboxylic acids is 1. The molecule has 2 aromatic rings. The second-order valence-electron chi connectivity index (χ2n) is 5.68. The molecular weight excluding hydrogens is 306 g/mol. The molecule has 5 heteroatoms. The van der Waals surface area contributed by atoms with E-state index in [1.165, 1.54) is 22.5 Å². The monoisotopic (exact) mass is 331 g/mol. The fraction of sp³-hybridized carbons (Fsp3) is 0.500. The molecule has 0 spiro atoms. The molecule has 1 heterocycles. The van der Waals surface area contributed by atoms with Gasteiger partial charge in [0.2, 0.25) is 11.0 Å². The van der Waals surface area contributed by atoms with Crippen LogP contribution in [0.3, 0.4) is 0 Å². The highest BCUT2D eigenvalue weighted by molar-refractivity contribution is 7.15. The minimum atomic E-state index is -0.00295. The van der Waals surface area contributed by atoms with Crippen molar-refractivity contribution in [1.29, 1.82) is 0 Å². The first kappa shape index (κ1) is 17.6. The maximum absolute atomic E-state index is 12.1. The first-order valence-electron chi connectivity index (χ1n) is 8.37. The summed E-state index contributed by atoms with van der Waals surface area (Å²) in [6, 6.07) is 8.45. The molecule has 0 aliphatic carbocycles. The average molecular weight is 331 g/mol. The topological polar surface area (TPSA) is 54.9 Å². The summed E-state index contributed by atoms with van der Waals surface area (Å²) in [4.78, 5) is 12.1. The van der Waals surface area contributed by atoms with Crippen LogP contribution < -0.4 is 5.32 Å². The number of hydrogen-bond donors (Lipinski definition) is 1. The Kier molecular flexibility index (Phi) is 6.71. The summed E-state index contributed by atoms with van der Waals surface area (Å²) in [5, 5.41) is 12.8. The zero-order valence-electron chi connectivity index (χ0n) is 14.1. The fourth-order valence-corrected chi connectivity index (χ4v) is 3.50. The molecule has 0 aliphatic rings.